The van der Waals surface area contributed by atoms with E-state index in [1.807, 2.05) is 5.32 Å². The summed E-state index contributed by atoms with van der Waals surface area (Å²) in [6, 6.07) is -0.790. The first-order chi connectivity index (χ1) is 8.47. The highest BCUT2D eigenvalue weighted by Crippen LogP contribution is 1.93. The molecular formula is C9H9N3O5S. The minimum absolute atomic E-state index is 0.0560. The third-order valence-electron chi connectivity index (χ3n) is 1.62. The number of urea groups is 1. The first-order valence-electron chi connectivity index (χ1n) is 4.64. The van der Waals surface area contributed by atoms with Crippen LogP contribution in [0.4, 0.5) is 4.79 Å². The monoisotopic (exact) mass is 271 g/mol. The van der Waals surface area contributed by atoms with E-state index < -0.39 is 17.9 Å². The van der Waals surface area contributed by atoms with E-state index >= 15 is 0 Å². The van der Waals surface area contributed by atoms with Crippen molar-refractivity contribution in [2.75, 3.05) is 0 Å². The maximum absolute atomic E-state index is 11.2. The average Bonchev–Trinajstić information content (AvgIpc) is 2.70. The van der Waals surface area contributed by atoms with Crippen LogP contribution in [-0.4, -0.2) is 28.0 Å². The molecule has 1 aromatic heterocycles. The number of aromatic amines is 1. The molecule has 96 valence electrons. The normalized spacial score (nSPS) is 10.2. The Morgan fingerprint density at radius 1 is 1.39 bits per heavy atom. The molecule has 0 fully saturated rings. The molecule has 0 unspecified atom stereocenters. The maximum atomic E-state index is 11.2. The first kappa shape index (κ1) is 13.6. The number of H-pyrrole nitrogens is 1. The van der Waals surface area contributed by atoms with Crippen LogP contribution in [-0.2, 0) is 16.1 Å². The van der Waals surface area contributed by atoms with Crippen LogP contribution in [0.2, 0.25) is 0 Å². The van der Waals surface area contributed by atoms with E-state index in [1.165, 1.54) is 5.38 Å². The van der Waals surface area contributed by atoms with Crippen LogP contribution in [0.25, 0.3) is 0 Å². The van der Waals surface area contributed by atoms with Crippen LogP contribution in [0.5, 0.6) is 0 Å². The number of aromatic nitrogens is 1. The Morgan fingerprint density at radius 2 is 2.11 bits per heavy atom. The van der Waals surface area contributed by atoms with Crippen molar-refractivity contribution in [2.24, 2.45) is 0 Å². The smallest absolute Gasteiger partial charge is 0.328 e. The molecule has 0 saturated carbocycles. The molecule has 4 N–H and O–H groups in total. The number of carboxylic acid groups (broad SMARTS) is 1. The fourth-order valence-corrected chi connectivity index (χ4v) is 1.50. The van der Waals surface area contributed by atoms with Crippen molar-refractivity contribution in [1.29, 1.82) is 0 Å². The zero-order chi connectivity index (χ0) is 13.5. The number of aliphatic carboxylic acids is 1. The Bertz CT molecular complexity index is 544. The van der Waals surface area contributed by atoms with Crippen LogP contribution in [0.1, 0.15) is 5.69 Å². The van der Waals surface area contributed by atoms with Crippen molar-refractivity contribution >= 4 is 29.2 Å². The number of carboxylic acids is 1. The summed E-state index contributed by atoms with van der Waals surface area (Å²) in [7, 11) is 0. The van der Waals surface area contributed by atoms with Crippen LogP contribution in [0, 0.1) is 0 Å². The number of amides is 3. The standard InChI is InChI=1S/C9H9N3O5S/c13-6(1-2-7(14)15)12-8(16)10-3-5-4-18-9(17)11-5/h1-2,4H,3H2,(H,11,17)(H,14,15)(H2,10,12,13,16)/b2-1+. The fraction of sp³-hybridized carbons (Fsp3) is 0.111. The molecule has 1 rings (SSSR count). The van der Waals surface area contributed by atoms with Gasteiger partial charge in [-0.1, -0.05) is 11.3 Å². The molecule has 1 heterocycles. The van der Waals surface area contributed by atoms with E-state index in [-0.39, 0.29) is 11.4 Å². The van der Waals surface area contributed by atoms with Gasteiger partial charge in [-0.3, -0.25) is 14.9 Å². The number of rotatable bonds is 4. The average molecular weight is 271 g/mol. The highest BCUT2D eigenvalue weighted by atomic mass is 32.1. The second-order valence-corrected chi connectivity index (χ2v) is 3.86. The molecule has 3 amide bonds. The van der Waals surface area contributed by atoms with Crippen LogP contribution in [0.15, 0.2) is 22.3 Å². The van der Waals surface area contributed by atoms with Gasteiger partial charge in [-0.25, -0.2) is 9.59 Å². The Hall–Kier alpha value is -2.42. The lowest BCUT2D eigenvalue weighted by molar-refractivity contribution is -0.131. The van der Waals surface area contributed by atoms with Crippen molar-refractivity contribution in [3.05, 3.63) is 32.9 Å². The summed E-state index contributed by atoms with van der Waals surface area (Å²) in [6.07, 6.45) is 1.33. The number of hydrogen-bond acceptors (Lipinski definition) is 5. The minimum atomic E-state index is -1.29. The van der Waals surface area contributed by atoms with E-state index in [1.54, 1.807) is 0 Å². The number of thiazole rings is 1. The lowest BCUT2D eigenvalue weighted by Crippen LogP contribution is -2.38. The van der Waals surface area contributed by atoms with Gasteiger partial charge in [0, 0.05) is 23.2 Å². The summed E-state index contributed by atoms with van der Waals surface area (Å²) in [4.78, 5) is 45.3. The quantitative estimate of drug-likeness (QED) is 0.544. The van der Waals surface area contributed by atoms with Crippen molar-refractivity contribution < 1.29 is 19.5 Å². The zero-order valence-corrected chi connectivity index (χ0v) is 9.74. The first-order valence-corrected chi connectivity index (χ1v) is 5.52. The van der Waals surface area contributed by atoms with Gasteiger partial charge in [0.1, 0.15) is 0 Å². The molecule has 8 nitrogen and oxygen atoms in total. The van der Waals surface area contributed by atoms with Crippen molar-refractivity contribution in [3.63, 3.8) is 0 Å². The van der Waals surface area contributed by atoms with E-state index in [0.29, 0.717) is 17.8 Å². The summed E-state index contributed by atoms with van der Waals surface area (Å²) in [6.45, 7) is 0.0560. The molecule has 0 aliphatic heterocycles. The minimum Gasteiger partial charge on any atom is -0.478 e. The Balaban J connectivity index is 2.36. The van der Waals surface area contributed by atoms with E-state index in [9.17, 15) is 19.2 Å². The largest absolute Gasteiger partial charge is 0.478 e. The summed E-state index contributed by atoms with van der Waals surface area (Å²) >= 11 is 0.955. The van der Waals surface area contributed by atoms with E-state index in [2.05, 4.69) is 10.3 Å². The van der Waals surface area contributed by atoms with Gasteiger partial charge in [0.25, 0.3) is 5.91 Å². The van der Waals surface area contributed by atoms with Gasteiger partial charge in [-0.2, -0.15) is 0 Å². The van der Waals surface area contributed by atoms with Gasteiger partial charge < -0.3 is 15.4 Å². The molecule has 9 heteroatoms. The second kappa shape index (κ2) is 6.35. The summed E-state index contributed by atoms with van der Waals surface area (Å²) in [5.74, 6) is -2.14. The van der Waals surface area contributed by atoms with Gasteiger partial charge in [0.2, 0.25) is 0 Å². The third kappa shape index (κ3) is 5.07. The fourth-order valence-electron chi connectivity index (χ4n) is 0.921. The van der Waals surface area contributed by atoms with E-state index in [0.717, 1.165) is 11.3 Å². The van der Waals surface area contributed by atoms with Crippen LogP contribution >= 0.6 is 11.3 Å². The third-order valence-corrected chi connectivity index (χ3v) is 2.34. The van der Waals surface area contributed by atoms with Gasteiger partial charge >= 0.3 is 16.9 Å². The number of nitrogens with one attached hydrogen (secondary N) is 3. The van der Waals surface area contributed by atoms with Crippen molar-refractivity contribution in [3.8, 4) is 0 Å². The molecule has 18 heavy (non-hydrogen) atoms. The van der Waals surface area contributed by atoms with Gasteiger partial charge in [0.15, 0.2) is 0 Å². The predicted octanol–water partition coefficient (Wildman–Crippen LogP) is -0.597. The molecule has 0 atom stereocenters. The molecule has 0 saturated heterocycles. The summed E-state index contributed by atoms with van der Waals surface area (Å²) < 4.78 is 0. The highest BCUT2D eigenvalue weighted by molar-refractivity contribution is 7.07. The van der Waals surface area contributed by atoms with E-state index in [4.69, 9.17) is 5.11 Å². The summed E-state index contributed by atoms with van der Waals surface area (Å²) in [5, 5.41) is 14.0. The predicted molar refractivity (Wildman–Crippen MR) is 62.1 cm³/mol. The summed E-state index contributed by atoms with van der Waals surface area (Å²) in [5.41, 5.74) is 0.508. The number of carbonyl (C=O) groups excluding carboxylic acids is 2. The molecule has 0 aromatic carbocycles. The lowest BCUT2D eigenvalue weighted by Gasteiger charge is -2.02. The zero-order valence-electron chi connectivity index (χ0n) is 8.93. The number of imide groups is 1. The van der Waals surface area contributed by atoms with Crippen molar-refractivity contribution in [1.82, 2.24) is 15.6 Å². The molecule has 0 spiro atoms. The number of carbonyl (C=O) groups is 3. The molecule has 0 bridgehead atoms. The Morgan fingerprint density at radius 3 is 2.67 bits per heavy atom. The van der Waals surface area contributed by atoms with Gasteiger partial charge in [0.05, 0.1) is 6.54 Å². The van der Waals surface area contributed by atoms with Crippen molar-refractivity contribution in [2.45, 2.75) is 6.54 Å². The van der Waals surface area contributed by atoms with Gasteiger partial charge in [-0.05, 0) is 0 Å². The molecule has 0 aliphatic carbocycles. The van der Waals surface area contributed by atoms with Gasteiger partial charge in [-0.15, -0.1) is 0 Å². The second-order valence-electron chi connectivity index (χ2n) is 3.02. The van der Waals surface area contributed by atoms with Crippen LogP contribution in [0.3, 0.4) is 0 Å². The molecule has 0 aliphatic rings. The lowest BCUT2D eigenvalue weighted by atomic mass is 10.4. The Labute approximate surface area is 104 Å². The molecule has 1 aromatic rings. The Kier molecular flexibility index (Phi) is 4.81. The number of hydrogen-bond donors (Lipinski definition) is 4. The highest BCUT2D eigenvalue weighted by Gasteiger charge is 2.05. The van der Waals surface area contributed by atoms with Crippen LogP contribution < -0.4 is 15.5 Å². The molecule has 0 radical (unpaired) electrons. The SMILES string of the molecule is O=C(O)/C=C/C(=O)NC(=O)NCc1csc(=O)[nH]1. The molecular weight excluding hydrogens is 262 g/mol. The topological polar surface area (TPSA) is 128 Å². The maximum Gasteiger partial charge on any atom is 0.328 e.